The van der Waals surface area contributed by atoms with Crippen molar-refractivity contribution in [2.45, 2.75) is 18.9 Å². The average molecular weight is 289 g/mol. The van der Waals surface area contributed by atoms with Crippen LogP contribution in [0.3, 0.4) is 0 Å². The quantitative estimate of drug-likeness (QED) is 0.931. The Morgan fingerprint density at radius 3 is 2.86 bits per heavy atom. The van der Waals surface area contributed by atoms with Gasteiger partial charge in [0.15, 0.2) is 0 Å². The van der Waals surface area contributed by atoms with Crippen LogP contribution in [0.1, 0.15) is 12.1 Å². The molecule has 1 amide bonds. The summed E-state index contributed by atoms with van der Waals surface area (Å²) in [6.45, 7) is 1.30. The highest BCUT2D eigenvalue weighted by atomic mass is 19.1. The maximum Gasteiger partial charge on any atom is 0.228 e. The molecule has 1 atom stereocenters. The molecule has 0 aliphatic carbocycles. The number of benzene rings is 1. The van der Waals surface area contributed by atoms with Crippen LogP contribution in [0.2, 0.25) is 0 Å². The van der Waals surface area contributed by atoms with Crippen molar-refractivity contribution in [1.82, 2.24) is 9.88 Å². The predicted molar refractivity (Wildman–Crippen MR) is 74.8 cm³/mol. The molecule has 1 fully saturated rings. The first-order valence-corrected chi connectivity index (χ1v) is 6.85. The lowest BCUT2D eigenvalue weighted by Gasteiger charge is -2.14. The van der Waals surface area contributed by atoms with Crippen LogP contribution in [0, 0.1) is 5.82 Å². The Hall–Kier alpha value is -2.21. The normalized spacial score (nSPS) is 18.2. The average Bonchev–Trinajstić information content (AvgIpc) is 3.09. The molecule has 0 radical (unpaired) electrons. The van der Waals surface area contributed by atoms with Gasteiger partial charge in [0.05, 0.1) is 12.1 Å². The molecule has 0 saturated carbocycles. The Kier molecular flexibility index (Phi) is 3.70. The minimum atomic E-state index is -0.314. The van der Waals surface area contributed by atoms with Crippen molar-refractivity contribution in [2.24, 2.45) is 5.73 Å². The number of nitrogens with zero attached hydrogens (tertiary/aromatic N) is 2. The van der Waals surface area contributed by atoms with E-state index < -0.39 is 0 Å². The fourth-order valence-corrected chi connectivity index (χ4v) is 2.39. The number of aromatic nitrogens is 1. The third kappa shape index (κ3) is 3.11. The lowest BCUT2D eigenvalue weighted by atomic mass is 10.2. The third-order valence-electron chi connectivity index (χ3n) is 3.55. The summed E-state index contributed by atoms with van der Waals surface area (Å²) in [5.74, 6) is 0.0731. The summed E-state index contributed by atoms with van der Waals surface area (Å²) in [6, 6.07) is 5.94. The Morgan fingerprint density at radius 2 is 2.19 bits per heavy atom. The Labute approximate surface area is 121 Å². The maximum absolute atomic E-state index is 12.9. The van der Waals surface area contributed by atoms with E-state index >= 15 is 0 Å². The molecule has 21 heavy (non-hydrogen) atoms. The zero-order valence-electron chi connectivity index (χ0n) is 11.5. The fourth-order valence-electron chi connectivity index (χ4n) is 2.39. The smallest absolute Gasteiger partial charge is 0.228 e. The van der Waals surface area contributed by atoms with Crippen LogP contribution in [0.5, 0.6) is 0 Å². The zero-order valence-corrected chi connectivity index (χ0v) is 11.5. The van der Waals surface area contributed by atoms with Gasteiger partial charge in [-0.15, -0.1) is 0 Å². The van der Waals surface area contributed by atoms with E-state index in [4.69, 9.17) is 10.2 Å². The van der Waals surface area contributed by atoms with Crippen molar-refractivity contribution < 1.29 is 13.6 Å². The number of nitrogens with two attached hydrogens (primary N) is 1. The molecular formula is C15H16FN3O2. The molecule has 110 valence electrons. The van der Waals surface area contributed by atoms with Gasteiger partial charge in [-0.2, -0.15) is 0 Å². The van der Waals surface area contributed by atoms with E-state index in [1.54, 1.807) is 17.0 Å². The van der Waals surface area contributed by atoms with Crippen LogP contribution in [0.25, 0.3) is 11.5 Å². The number of carbonyl (C=O) groups excluding carboxylic acids is 1. The molecule has 2 aromatic rings. The number of amides is 1. The van der Waals surface area contributed by atoms with Gasteiger partial charge in [0.2, 0.25) is 11.8 Å². The number of oxazole rings is 1. The first-order chi connectivity index (χ1) is 10.1. The van der Waals surface area contributed by atoms with E-state index in [-0.39, 0.29) is 24.2 Å². The number of halogens is 1. The first-order valence-electron chi connectivity index (χ1n) is 6.85. The summed E-state index contributed by atoms with van der Waals surface area (Å²) >= 11 is 0. The summed E-state index contributed by atoms with van der Waals surface area (Å²) in [7, 11) is 0. The van der Waals surface area contributed by atoms with Crippen LogP contribution in [-0.2, 0) is 11.2 Å². The van der Waals surface area contributed by atoms with Gasteiger partial charge in [0.25, 0.3) is 0 Å². The zero-order chi connectivity index (χ0) is 14.8. The van der Waals surface area contributed by atoms with E-state index in [0.29, 0.717) is 30.2 Å². The Bertz CT molecular complexity index is 639. The Morgan fingerprint density at radius 1 is 1.43 bits per heavy atom. The highest BCUT2D eigenvalue weighted by Crippen LogP contribution is 2.19. The van der Waals surface area contributed by atoms with Gasteiger partial charge >= 0.3 is 0 Å². The van der Waals surface area contributed by atoms with Crippen LogP contribution >= 0.6 is 0 Å². The summed E-state index contributed by atoms with van der Waals surface area (Å²) in [6.07, 6.45) is 2.50. The molecule has 1 aromatic carbocycles. The predicted octanol–water partition coefficient (Wildman–Crippen LogP) is 1.58. The standard InChI is InChI=1S/C15H16FN3O2/c16-11-3-1-10(2-4-11)15-18-13(9-21-15)7-14(20)19-6-5-12(17)8-19/h1-4,9,12H,5-8,17H2/t12-/m1/s1. The molecule has 5 nitrogen and oxygen atoms in total. The number of hydrogen-bond donors (Lipinski definition) is 1. The van der Waals surface area contributed by atoms with Crippen LogP contribution in [0.4, 0.5) is 4.39 Å². The van der Waals surface area contributed by atoms with Gasteiger partial charge in [-0.25, -0.2) is 9.37 Å². The number of carbonyl (C=O) groups is 1. The molecule has 1 saturated heterocycles. The molecule has 0 spiro atoms. The van der Waals surface area contributed by atoms with Gasteiger partial charge in [0, 0.05) is 24.7 Å². The van der Waals surface area contributed by atoms with Crippen molar-refractivity contribution in [3.05, 3.63) is 42.0 Å². The SMILES string of the molecule is N[C@@H]1CCN(C(=O)Cc2coc(-c3ccc(F)cc3)n2)C1. The lowest BCUT2D eigenvalue weighted by molar-refractivity contribution is -0.129. The second-order valence-corrected chi connectivity index (χ2v) is 5.22. The highest BCUT2D eigenvalue weighted by molar-refractivity contribution is 5.78. The molecule has 2 N–H and O–H groups in total. The molecule has 0 unspecified atom stereocenters. The second-order valence-electron chi connectivity index (χ2n) is 5.22. The number of rotatable bonds is 3. The maximum atomic E-state index is 12.9. The van der Waals surface area contributed by atoms with Gasteiger partial charge in [-0.05, 0) is 30.7 Å². The number of hydrogen-bond acceptors (Lipinski definition) is 4. The molecule has 1 aromatic heterocycles. The van der Waals surface area contributed by atoms with E-state index in [9.17, 15) is 9.18 Å². The van der Waals surface area contributed by atoms with E-state index in [1.807, 2.05) is 0 Å². The largest absolute Gasteiger partial charge is 0.444 e. The van der Waals surface area contributed by atoms with Crippen molar-refractivity contribution in [2.75, 3.05) is 13.1 Å². The van der Waals surface area contributed by atoms with Crippen molar-refractivity contribution in [3.63, 3.8) is 0 Å². The molecule has 1 aliphatic heterocycles. The van der Waals surface area contributed by atoms with Crippen molar-refractivity contribution in [1.29, 1.82) is 0 Å². The van der Waals surface area contributed by atoms with Gasteiger partial charge < -0.3 is 15.1 Å². The van der Waals surface area contributed by atoms with E-state index in [1.165, 1.54) is 18.4 Å². The van der Waals surface area contributed by atoms with Crippen LogP contribution in [-0.4, -0.2) is 34.9 Å². The van der Waals surface area contributed by atoms with Crippen molar-refractivity contribution in [3.8, 4) is 11.5 Å². The number of likely N-dealkylation sites (tertiary alicyclic amines) is 1. The highest BCUT2D eigenvalue weighted by Gasteiger charge is 2.24. The first kappa shape index (κ1) is 13.8. The molecule has 2 heterocycles. The molecule has 6 heteroatoms. The minimum Gasteiger partial charge on any atom is -0.444 e. The fraction of sp³-hybridized carbons (Fsp3) is 0.333. The van der Waals surface area contributed by atoms with Crippen molar-refractivity contribution >= 4 is 5.91 Å². The molecule has 3 rings (SSSR count). The molecule has 0 bridgehead atoms. The van der Waals surface area contributed by atoms with Gasteiger partial charge in [-0.1, -0.05) is 0 Å². The summed E-state index contributed by atoms with van der Waals surface area (Å²) in [5.41, 5.74) is 7.04. The van der Waals surface area contributed by atoms with E-state index in [2.05, 4.69) is 4.98 Å². The van der Waals surface area contributed by atoms with Crippen LogP contribution in [0.15, 0.2) is 34.9 Å². The Balaban J connectivity index is 1.67. The summed E-state index contributed by atoms with van der Waals surface area (Å²) in [4.78, 5) is 18.1. The summed E-state index contributed by atoms with van der Waals surface area (Å²) < 4.78 is 18.2. The molecule has 1 aliphatic rings. The lowest BCUT2D eigenvalue weighted by Crippen LogP contribution is -2.32. The van der Waals surface area contributed by atoms with Gasteiger partial charge in [0.1, 0.15) is 12.1 Å². The summed E-state index contributed by atoms with van der Waals surface area (Å²) in [5, 5.41) is 0. The monoisotopic (exact) mass is 289 g/mol. The topological polar surface area (TPSA) is 72.4 Å². The van der Waals surface area contributed by atoms with Gasteiger partial charge in [-0.3, -0.25) is 4.79 Å². The van der Waals surface area contributed by atoms with E-state index in [0.717, 1.165) is 6.42 Å². The third-order valence-corrected chi connectivity index (χ3v) is 3.55. The molecular weight excluding hydrogens is 273 g/mol. The van der Waals surface area contributed by atoms with Crippen LogP contribution < -0.4 is 5.73 Å². The minimum absolute atomic E-state index is 0.00176. The second kappa shape index (κ2) is 5.65.